The van der Waals surface area contributed by atoms with E-state index in [1.807, 2.05) is 6.92 Å². The third kappa shape index (κ3) is 1.72. The second-order valence-corrected chi connectivity index (χ2v) is 7.19. The molecule has 0 N–H and O–H groups in total. The molecule has 1 saturated carbocycles. The SMILES string of the molecule is CCC1CC2(C)CCC(OS1(=O)=O)C2C. The summed E-state index contributed by atoms with van der Waals surface area (Å²) >= 11 is 0. The lowest BCUT2D eigenvalue weighted by Gasteiger charge is -2.29. The Morgan fingerprint density at radius 3 is 2.73 bits per heavy atom. The van der Waals surface area contributed by atoms with Crippen molar-refractivity contribution in [3.8, 4) is 0 Å². The van der Waals surface area contributed by atoms with Gasteiger partial charge >= 0.3 is 0 Å². The Morgan fingerprint density at radius 1 is 1.47 bits per heavy atom. The third-order valence-electron chi connectivity index (χ3n) is 4.47. The lowest BCUT2D eigenvalue weighted by Crippen LogP contribution is -2.28. The van der Waals surface area contributed by atoms with Gasteiger partial charge in [-0.05, 0) is 37.0 Å². The summed E-state index contributed by atoms with van der Waals surface area (Å²) < 4.78 is 29.1. The van der Waals surface area contributed by atoms with E-state index in [0.29, 0.717) is 12.3 Å². The predicted octanol–water partition coefficient (Wildman–Crippen LogP) is 2.32. The van der Waals surface area contributed by atoms with Gasteiger partial charge in [-0.25, -0.2) is 0 Å². The first kappa shape index (κ1) is 11.4. The summed E-state index contributed by atoms with van der Waals surface area (Å²) in [6, 6.07) is 0. The van der Waals surface area contributed by atoms with Gasteiger partial charge in [0.15, 0.2) is 0 Å². The molecule has 2 bridgehead atoms. The van der Waals surface area contributed by atoms with Crippen molar-refractivity contribution in [3.05, 3.63) is 0 Å². The number of rotatable bonds is 1. The highest BCUT2D eigenvalue weighted by atomic mass is 32.2. The highest BCUT2D eigenvalue weighted by Gasteiger charge is 2.50. The summed E-state index contributed by atoms with van der Waals surface area (Å²) in [5, 5.41) is -0.296. The van der Waals surface area contributed by atoms with Crippen LogP contribution in [0.3, 0.4) is 0 Å². The van der Waals surface area contributed by atoms with E-state index >= 15 is 0 Å². The minimum absolute atomic E-state index is 0.0726. The first-order chi connectivity index (χ1) is 6.89. The summed E-state index contributed by atoms with van der Waals surface area (Å²) in [5.41, 5.74) is 0.162. The van der Waals surface area contributed by atoms with Crippen molar-refractivity contribution in [1.82, 2.24) is 0 Å². The number of hydrogen-bond donors (Lipinski definition) is 0. The van der Waals surface area contributed by atoms with Gasteiger partial charge in [-0.2, -0.15) is 8.42 Å². The van der Waals surface area contributed by atoms with E-state index in [4.69, 9.17) is 4.18 Å². The van der Waals surface area contributed by atoms with Crippen LogP contribution in [0.15, 0.2) is 0 Å². The van der Waals surface area contributed by atoms with Crippen molar-refractivity contribution in [3.63, 3.8) is 0 Å². The zero-order chi connectivity index (χ0) is 11.3. The Balaban J connectivity index is 2.36. The summed E-state index contributed by atoms with van der Waals surface area (Å²) in [5.74, 6) is 0.365. The molecule has 2 fully saturated rings. The molecule has 4 heteroatoms. The topological polar surface area (TPSA) is 43.4 Å². The Labute approximate surface area is 92.3 Å². The van der Waals surface area contributed by atoms with Gasteiger partial charge in [0.05, 0.1) is 11.4 Å². The molecule has 0 radical (unpaired) electrons. The van der Waals surface area contributed by atoms with Crippen LogP contribution >= 0.6 is 0 Å². The third-order valence-corrected chi connectivity index (χ3v) is 6.30. The maximum atomic E-state index is 11.9. The van der Waals surface area contributed by atoms with Crippen molar-refractivity contribution in [2.24, 2.45) is 11.3 Å². The lowest BCUT2D eigenvalue weighted by atomic mass is 9.76. The van der Waals surface area contributed by atoms with Crippen LogP contribution in [0.2, 0.25) is 0 Å². The second kappa shape index (κ2) is 3.45. The van der Waals surface area contributed by atoms with E-state index in [-0.39, 0.29) is 16.8 Å². The molecule has 1 heterocycles. The van der Waals surface area contributed by atoms with Gasteiger partial charge in [-0.3, -0.25) is 4.18 Å². The fraction of sp³-hybridized carbons (Fsp3) is 1.00. The van der Waals surface area contributed by atoms with E-state index in [1.54, 1.807) is 0 Å². The smallest absolute Gasteiger partial charge is 0.266 e. The van der Waals surface area contributed by atoms with Crippen LogP contribution in [0.1, 0.15) is 46.5 Å². The summed E-state index contributed by atoms with van der Waals surface area (Å²) in [7, 11) is -3.31. The van der Waals surface area contributed by atoms with E-state index < -0.39 is 10.1 Å². The molecular weight excluding hydrogens is 212 g/mol. The zero-order valence-corrected chi connectivity index (χ0v) is 10.5. The molecule has 2 aliphatic rings. The molecular formula is C11H20O3S. The van der Waals surface area contributed by atoms with Crippen LogP contribution < -0.4 is 0 Å². The standard InChI is InChI=1S/C11H20O3S/c1-4-9-7-11(3)6-5-10(8(11)2)14-15(9,12)13/h8-10H,4-7H2,1-3H3. The Morgan fingerprint density at radius 2 is 2.13 bits per heavy atom. The first-order valence-electron chi connectivity index (χ1n) is 5.81. The Bertz CT molecular complexity index is 349. The van der Waals surface area contributed by atoms with Crippen LogP contribution in [0.4, 0.5) is 0 Å². The fourth-order valence-corrected chi connectivity index (χ4v) is 4.80. The number of fused-ring (bicyclic) bond motifs is 2. The quantitative estimate of drug-likeness (QED) is 0.652. The maximum absolute atomic E-state index is 11.9. The minimum atomic E-state index is -3.31. The molecule has 4 unspecified atom stereocenters. The molecule has 0 aromatic rings. The van der Waals surface area contributed by atoms with Gasteiger partial charge in [0, 0.05) is 0 Å². The monoisotopic (exact) mass is 232 g/mol. The molecule has 1 saturated heterocycles. The van der Waals surface area contributed by atoms with Crippen LogP contribution in [0.5, 0.6) is 0 Å². The fourth-order valence-electron chi connectivity index (χ4n) is 3.04. The molecule has 1 aliphatic carbocycles. The van der Waals surface area contributed by atoms with Gasteiger partial charge in [0.25, 0.3) is 10.1 Å². The van der Waals surface area contributed by atoms with E-state index in [0.717, 1.165) is 19.3 Å². The molecule has 4 atom stereocenters. The molecule has 0 spiro atoms. The second-order valence-electron chi connectivity index (χ2n) is 5.34. The van der Waals surface area contributed by atoms with Crippen molar-refractivity contribution >= 4 is 10.1 Å². The summed E-state index contributed by atoms with van der Waals surface area (Å²) in [6.45, 7) is 6.27. The van der Waals surface area contributed by atoms with Gasteiger partial charge in [-0.1, -0.05) is 20.8 Å². The average molecular weight is 232 g/mol. The molecule has 3 nitrogen and oxygen atoms in total. The van der Waals surface area contributed by atoms with Gasteiger partial charge in [-0.15, -0.1) is 0 Å². The van der Waals surface area contributed by atoms with Crippen molar-refractivity contribution in [1.29, 1.82) is 0 Å². The first-order valence-corrected chi connectivity index (χ1v) is 7.28. The van der Waals surface area contributed by atoms with Crippen LogP contribution in [-0.2, 0) is 14.3 Å². The summed E-state index contributed by atoms with van der Waals surface area (Å²) in [4.78, 5) is 0. The van der Waals surface area contributed by atoms with Crippen molar-refractivity contribution in [2.45, 2.75) is 57.8 Å². The van der Waals surface area contributed by atoms with E-state index in [1.165, 1.54) is 0 Å². The highest BCUT2D eigenvalue weighted by molar-refractivity contribution is 7.87. The minimum Gasteiger partial charge on any atom is -0.266 e. The van der Waals surface area contributed by atoms with E-state index in [9.17, 15) is 8.42 Å². The predicted molar refractivity (Wildman–Crippen MR) is 59.0 cm³/mol. The van der Waals surface area contributed by atoms with Crippen molar-refractivity contribution < 1.29 is 12.6 Å². The Hall–Kier alpha value is -0.0900. The normalized spacial score (nSPS) is 48.9. The largest absolute Gasteiger partial charge is 0.270 e. The Kier molecular flexibility index (Phi) is 2.62. The molecule has 0 aromatic carbocycles. The zero-order valence-electron chi connectivity index (χ0n) is 9.69. The van der Waals surface area contributed by atoms with Crippen molar-refractivity contribution in [2.75, 3.05) is 0 Å². The summed E-state index contributed by atoms with van der Waals surface area (Å²) in [6.07, 6.45) is 3.36. The lowest BCUT2D eigenvalue weighted by molar-refractivity contribution is 0.136. The maximum Gasteiger partial charge on any atom is 0.270 e. The highest BCUT2D eigenvalue weighted by Crippen LogP contribution is 2.51. The van der Waals surface area contributed by atoms with E-state index in [2.05, 4.69) is 13.8 Å². The molecule has 88 valence electrons. The molecule has 0 aromatic heterocycles. The average Bonchev–Trinajstić information content (AvgIpc) is 2.38. The molecule has 1 aliphatic heterocycles. The van der Waals surface area contributed by atoms with Gasteiger partial charge in [0.2, 0.25) is 0 Å². The van der Waals surface area contributed by atoms with Gasteiger partial charge in [0.1, 0.15) is 0 Å². The van der Waals surface area contributed by atoms with Crippen LogP contribution in [-0.4, -0.2) is 19.8 Å². The van der Waals surface area contributed by atoms with Gasteiger partial charge < -0.3 is 0 Å². The molecule has 15 heavy (non-hydrogen) atoms. The van der Waals surface area contributed by atoms with Crippen LogP contribution in [0.25, 0.3) is 0 Å². The number of hydrogen-bond acceptors (Lipinski definition) is 3. The van der Waals surface area contributed by atoms with Crippen LogP contribution in [0, 0.1) is 11.3 Å². The molecule has 0 amide bonds. The molecule has 2 rings (SSSR count).